The predicted octanol–water partition coefficient (Wildman–Crippen LogP) is 2.60. The number of fused-ring (bicyclic) bond motifs is 1. The highest BCUT2D eigenvalue weighted by Crippen LogP contribution is 2.33. The number of nitrogens with one attached hydrogen (secondary N) is 1. The van der Waals surface area contributed by atoms with E-state index in [1.807, 2.05) is 43.1 Å². The maximum atomic E-state index is 12.0. The number of para-hydroxylation sites is 1. The molecule has 4 heteroatoms. The van der Waals surface area contributed by atoms with Gasteiger partial charge in [0.15, 0.2) is 0 Å². The van der Waals surface area contributed by atoms with E-state index in [1.165, 1.54) is 5.56 Å². The molecular formula is C15H20N2OS. The monoisotopic (exact) mass is 276 g/mol. The molecule has 1 amide bonds. The molecule has 2 rings (SSSR count). The van der Waals surface area contributed by atoms with Crippen LogP contribution < -0.4 is 10.2 Å². The minimum Gasteiger partial charge on any atom is -0.315 e. The fraction of sp³-hybridized carbons (Fsp3) is 0.400. The molecule has 1 aliphatic rings. The maximum Gasteiger partial charge on any atom is 0.228 e. The maximum absolute atomic E-state index is 12.0. The van der Waals surface area contributed by atoms with E-state index in [-0.39, 0.29) is 11.9 Å². The Kier molecular flexibility index (Phi) is 5.05. The first kappa shape index (κ1) is 14.2. The minimum absolute atomic E-state index is 0.143. The normalized spacial score (nSPS) is 18.3. The highest BCUT2D eigenvalue weighted by molar-refractivity contribution is 7.99. The van der Waals surface area contributed by atoms with Gasteiger partial charge >= 0.3 is 0 Å². The summed E-state index contributed by atoms with van der Waals surface area (Å²) >= 11 is 1.85. The molecule has 0 aliphatic carbocycles. The number of rotatable bonds is 6. The van der Waals surface area contributed by atoms with Crippen LogP contribution in [0.15, 0.2) is 36.9 Å². The van der Waals surface area contributed by atoms with Crippen LogP contribution in [-0.4, -0.2) is 31.0 Å². The van der Waals surface area contributed by atoms with Crippen molar-refractivity contribution in [2.75, 3.05) is 30.0 Å². The molecule has 0 spiro atoms. The number of carbonyl (C=O) groups excluding carboxylic acids is 1. The summed E-state index contributed by atoms with van der Waals surface area (Å²) in [6.07, 6.45) is 2.46. The first-order valence-corrected chi connectivity index (χ1v) is 7.67. The van der Waals surface area contributed by atoms with Crippen molar-refractivity contribution in [3.8, 4) is 0 Å². The predicted molar refractivity (Wildman–Crippen MR) is 82.7 cm³/mol. The van der Waals surface area contributed by atoms with Gasteiger partial charge in [-0.15, -0.1) is 6.58 Å². The van der Waals surface area contributed by atoms with Crippen LogP contribution in [0.5, 0.6) is 0 Å². The third-order valence-corrected chi connectivity index (χ3v) is 4.26. The Hall–Kier alpha value is -1.26. The summed E-state index contributed by atoms with van der Waals surface area (Å²) in [5.41, 5.74) is 2.24. The van der Waals surface area contributed by atoms with Crippen LogP contribution in [-0.2, 0) is 4.79 Å². The van der Waals surface area contributed by atoms with Gasteiger partial charge in [0, 0.05) is 43.2 Å². The van der Waals surface area contributed by atoms with E-state index in [9.17, 15) is 4.79 Å². The van der Waals surface area contributed by atoms with Crippen LogP contribution in [0.4, 0.5) is 5.69 Å². The van der Waals surface area contributed by atoms with Gasteiger partial charge in [-0.1, -0.05) is 24.3 Å². The van der Waals surface area contributed by atoms with Crippen LogP contribution >= 0.6 is 11.8 Å². The average Bonchev–Trinajstić information content (AvgIpc) is 2.44. The van der Waals surface area contributed by atoms with E-state index >= 15 is 0 Å². The lowest BCUT2D eigenvalue weighted by Gasteiger charge is -2.32. The number of hydrogen-bond donors (Lipinski definition) is 1. The van der Waals surface area contributed by atoms with E-state index in [0.29, 0.717) is 6.42 Å². The van der Waals surface area contributed by atoms with Crippen molar-refractivity contribution in [1.29, 1.82) is 0 Å². The second-order valence-electron chi connectivity index (χ2n) is 4.59. The number of carbonyl (C=O) groups is 1. The molecule has 1 aliphatic heterocycles. The van der Waals surface area contributed by atoms with Crippen LogP contribution in [0.3, 0.4) is 0 Å². The molecule has 0 fully saturated rings. The quantitative estimate of drug-likeness (QED) is 0.640. The summed E-state index contributed by atoms with van der Waals surface area (Å²) < 4.78 is 0. The Bertz CT molecular complexity index is 461. The first-order chi connectivity index (χ1) is 9.24. The van der Waals surface area contributed by atoms with Gasteiger partial charge in [0.2, 0.25) is 5.91 Å². The SMILES string of the molecule is C=CCSCCNC1CC(=O)N(C)c2ccccc21. The van der Waals surface area contributed by atoms with E-state index in [2.05, 4.69) is 18.0 Å². The van der Waals surface area contributed by atoms with Crippen molar-refractivity contribution >= 4 is 23.4 Å². The Morgan fingerprint density at radius 1 is 1.53 bits per heavy atom. The van der Waals surface area contributed by atoms with E-state index in [0.717, 1.165) is 23.7 Å². The Morgan fingerprint density at radius 3 is 3.11 bits per heavy atom. The molecule has 1 aromatic carbocycles. The molecule has 0 radical (unpaired) electrons. The lowest BCUT2D eigenvalue weighted by Crippen LogP contribution is -2.38. The largest absolute Gasteiger partial charge is 0.315 e. The van der Waals surface area contributed by atoms with Gasteiger partial charge in [-0.05, 0) is 11.6 Å². The van der Waals surface area contributed by atoms with Gasteiger partial charge in [0.05, 0.1) is 0 Å². The molecule has 0 saturated heterocycles. The lowest BCUT2D eigenvalue weighted by molar-refractivity contribution is -0.119. The molecule has 19 heavy (non-hydrogen) atoms. The zero-order chi connectivity index (χ0) is 13.7. The molecule has 1 aromatic rings. The van der Waals surface area contributed by atoms with Crippen molar-refractivity contribution in [3.63, 3.8) is 0 Å². The molecule has 1 atom stereocenters. The van der Waals surface area contributed by atoms with E-state index < -0.39 is 0 Å². The molecular weight excluding hydrogens is 256 g/mol. The molecule has 3 nitrogen and oxygen atoms in total. The highest BCUT2D eigenvalue weighted by Gasteiger charge is 2.28. The third-order valence-electron chi connectivity index (χ3n) is 3.30. The number of amides is 1. The van der Waals surface area contributed by atoms with Gasteiger partial charge in [-0.3, -0.25) is 4.79 Å². The number of hydrogen-bond acceptors (Lipinski definition) is 3. The van der Waals surface area contributed by atoms with Gasteiger partial charge in [0.25, 0.3) is 0 Å². The highest BCUT2D eigenvalue weighted by atomic mass is 32.2. The smallest absolute Gasteiger partial charge is 0.228 e. The fourth-order valence-electron chi connectivity index (χ4n) is 2.30. The standard InChI is InChI=1S/C15H20N2OS/c1-3-9-19-10-8-16-13-11-15(18)17(2)14-7-5-4-6-12(13)14/h3-7,13,16H,1,8-11H2,2H3. The Morgan fingerprint density at radius 2 is 2.32 bits per heavy atom. The number of anilines is 1. The van der Waals surface area contributed by atoms with Crippen molar-refractivity contribution in [2.24, 2.45) is 0 Å². The summed E-state index contributed by atoms with van der Waals surface area (Å²) in [6, 6.07) is 8.26. The average molecular weight is 276 g/mol. The van der Waals surface area contributed by atoms with Crippen molar-refractivity contribution in [1.82, 2.24) is 5.32 Å². The van der Waals surface area contributed by atoms with Gasteiger partial charge in [0.1, 0.15) is 0 Å². The van der Waals surface area contributed by atoms with Crippen LogP contribution in [0.25, 0.3) is 0 Å². The zero-order valence-corrected chi connectivity index (χ0v) is 12.1. The lowest BCUT2D eigenvalue weighted by atomic mass is 9.96. The van der Waals surface area contributed by atoms with Gasteiger partial charge < -0.3 is 10.2 Å². The summed E-state index contributed by atoms with van der Waals surface area (Å²) in [4.78, 5) is 13.7. The second kappa shape index (κ2) is 6.78. The van der Waals surface area contributed by atoms with Crippen molar-refractivity contribution in [3.05, 3.63) is 42.5 Å². The number of thioether (sulfide) groups is 1. The summed E-state index contributed by atoms with van der Waals surface area (Å²) in [5, 5.41) is 3.49. The Balaban J connectivity index is 1.99. The second-order valence-corrected chi connectivity index (χ2v) is 5.74. The summed E-state index contributed by atoms with van der Waals surface area (Å²) in [6.45, 7) is 4.62. The van der Waals surface area contributed by atoms with E-state index in [4.69, 9.17) is 0 Å². The minimum atomic E-state index is 0.143. The topological polar surface area (TPSA) is 32.3 Å². The number of nitrogens with zero attached hydrogens (tertiary/aromatic N) is 1. The van der Waals surface area contributed by atoms with Crippen molar-refractivity contribution in [2.45, 2.75) is 12.5 Å². The fourth-order valence-corrected chi connectivity index (χ4v) is 2.89. The number of benzene rings is 1. The third kappa shape index (κ3) is 3.39. The van der Waals surface area contributed by atoms with Crippen LogP contribution in [0, 0.1) is 0 Å². The molecule has 102 valence electrons. The van der Waals surface area contributed by atoms with Gasteiger partial charge in [-0.25, -0.2) is 0 Å². The Labute approximate surface area is 119 Å². The first-order valence-electron chi connectivity index (χ1n) is 6.51. The van der Waals surface area contributed by atoms with Gasteiger partial charge in [-0.2, -0.15) is 11.8 Å². The molecule has 0 saturated carbocycles. The zero-order valence-electron chi connectivity index (χ0n) is 11.3. The molecule has 1 N–H and O–H groups in total. The summed E-state index contributed by atoms with van der Waals surface area (Å²) in [7, 11) is 1.84. The molecule has 0 bridgehead atoms. The molecule has 1 heterocycles. The van der Waals surface area contributed by atoms with Crippen LogP contribution in [0.1, 0.15) is 18.0 Å². The summed E-state index contributed by atoms with van der Waals surface area (Å²) in [5.74, 6) is 2.19. The molecule has 1 unspecified atom stereocenters. The molecule has 0 aromatic heterocycles. The van der Waals surface area contributed by atoms with Crippen LogP contribution in [0.2, 0.25) is 0 Å². The van der Waals surface area contributed by atoms with E-state index in [1.54, 1.807) is 4.90 Å². The van der Waals surface area contributed by atoms with Crippen molar-refractivity contribution < 1.29 is 4.79 Å².